The van der Waals surface area contributed by atoms with Gasteiger partial charge >= 0.3 is 17.9 Å². The Hall–Kier alpha value is -1.19. The zero-order valence-electron chi connectivity index (χ0n) is 9.07. The van der Waals surface area contributed by atoms with Crippen molar-refractivity contribution in [3.63, 3.8) is 0 Å². The molecular weight excluding hydrogens is 278 g/mol. The molecule has 0 rings (SSSR count). The number of carboxylic acids is 2. The maximum Gasteiger partial charge on any atom is 0.341 e. The Bertz CT molecular complexity index is 250. The number of hydrogen-bond donors (Lipinski definition) is 5. The largest absolute Gasteiger partial charge is 0.480 e. The molecule has 0 heterocycles. The zero-order valence-corrected chi connectivity index (χ0v) is 10.2. The van der Waals surface area contributed by atoms with E-state index >= 15 is 0 Å². The van der Waals surface area contributed by atoms with E-state index in [1.165, 1.54) is 0 Å². The summed E-state index contributed by atoms with van der Waals surface area (Å²) in [4.78, 5) is 30.9. The molecule has 0 aromatic heterocycles. The average molecular weight is 295 g/mol. The topological polar surface area (TPSA) is 197 Å². The first-order valence-corrected chi connectivity index (χ1v) is 3.79. The number of aliphatic carboxylic acids is 2. The van der Waals surface area contributed by atoms with Crippen LogP contribution in [-0.4, -0.2) is 40.8 Å². The van der Waals surface area contributed by atoms with E-state index in [9.17, 15) is 14.4 Å². The maximum absolute atomic E-state index is 10.7. The molecular formula is C7H17FeN3O6. The fourth-order valence-corrected chi connectivity index (χ4v) is 0.611. The summed E-state index contributed by atoms with van der Waals surface area (Å²) in [5.41, 5.74) is 5.10. The molecule has 0 aromatic carbocycles. The van der Waals surface area contributed by atoms with E-state index < -0.39 is 30.6 Å². The van der Waals surface area contributed by atoms with Crippen LogP contribution in [0.3, 0.4) is 0 Å². The Kier molecular flexibility index (Phi) is 18.8. The number of carbonyl (C=O) groups excluding carboxylic acids is 1. The number of nitrogens with two attached hydrogens (primary N) is 1. The van der Waals surface area contributed by atoms with Gasteiger partial charge in [0, 0.05) is 23.5 Å². The third-order valence-corrected chi connectivity index (χ3v) is 1.33. The van der Waals surface area contributed by atoms with Crippen LogP contribution in [0.1, 0.15) is 12.8 Å². The molecule has 0 bridgehead atoms. The van der Waals surface area contributed by atoms with Crippen LogP contribution < -0.4 is 18.0 Å². The van der Waals surface area contributed by atoms with Crippen LogP contribution in [0, 0.1) is 0 Å². The fraction of sp³-hybridized carbons (Fsp3) is 0.571. The van der Waals surface area contributed by atoms with E-state index in [-0.39, 0.29) is 42.2 Å². The van der Waals surface area contributed by atoms with E-state index in [1.807, 2.05) is 0 Å². The second kappa shape index (κ2) is 12.9. The third-order valence-electron chi connectivity index (χ3n) is 1.33. The quantitative estimate of drug-likeness (QED) is 0.305. The molecule has 9 nitrogen and oxygen atoms in total. The molecule has 0 radical (unpaired) electrons. The summed E-state index contributed by atoms with van der Waals surface area (Å²) >= 11 is 0. The minimum atomic E-state index is -1.26. The summed E-state index contributed by atoms with van der Waals surface area (Å²) in [5.74, 6) is -3.25. The van der Waals surface area contributed by atoms with Gasteiger partial charge in [-0.3, -0.25) is 9.59 Å². The Morgan fingerprint density at radius 1 is 1.18 bits per heavy atom. The molecule has 0 unspecified atom stereocenters. The van der Waals surface area contributed by atoms with Gasteiger partial charge < -0.3 is 33.0 Å². The Morgan fingerprint density at radius 2 is 1.65 bits per heavy atom. The predicted molar refractivity (Wildman–Crippen MR) is 53.5 cm³/mol. The summed E-state index contributed by atoms with van der Waals surface area (Å²) in [6, 6.07) is -1.13. The van der Waals surface area contributed by atoms with Crippen molar-refractivity contribution < 1.29 is 46.4 Å². The predicted octanol–water partition coefficient (Wildman–Crippen LogP) is -0.872. The van der Waals surface area contributed by atoms with E-state index in [0.29, 0.717) is 0 Å². The van der Waals surface area contributed by atoms with Crippen LogP contribution in [0.4, 0.5) is 0 Å². The Balaban J connectivity index is -0.000000282. The van der Waals surface area contributed by atoms with Gasteiger partial charge in [0.15, 0.2) is 6.61 Å². The van der Waals surface area contributed by atoms with Gasteiger partial charge in [-0.25, -0.2) is 4.79 Å². The summed E-state index contributed by atoms with van der Waals surface area (Å²) in [6.45, 7) is -0.721. The van der Waals surface area contributed by atoms with Crippen molar-refractivity contribution in [2.45, 2.75) is 18.9 Å². The van der Waals surface area contributed by atoms with Crippen LogP contribution in [0.25, 0.3) is 0 Å². The molecule has 0 saturated heterocycles. The molecule has 17 heavy (non-hydrogen) atoms. The van der Waals surface area contributed by atoms with E-state index in [0.717, 1.165) is 0 Å². The first-order chi connectivity index (χ1) is 6.43. The van der Waals surface area contributed by atoms with E-state index in [2.05, 4.69) is 4.74 Å². The SMILES string of the molecule is N.N.N[C@@H](CCC(=O)OCC(=O)O)C(=O)O.[Fe]. The summed E-state index contributed by atoms with van der Waals surface area (Å²) < 4.78 is 4.25. The van der Waals surface area contributed by atoms with Crippen molar-refractivity contribution in [2.75, 3.05) is 6.61 Å². The summed E-state index contributed by atoms with van der Waals surface area (Å²) in [7, 11) is 0. The molecule has 0 saturated carbocycles. The molecule has 10 heteroatoms. The maximum atomic E-state index is 10.7. The van der Waals surface area contributed by atoms with Crippen LogP contribution in [0.2, 0.25) is 0 Å². The van der Waals surface area contributed by atoms with Gasteiger partial charge in [-0.15, -0.1) is 0 Å². The van der Waals surface area contributed by atoms with Crippen molar-refractivity contribution in [3.05, 3.63) is 0 Å². The van der Waals surface area contributed by atoms with Gasteiger partial charge in [-0.1, -0.05) is 0 Å². The summed E-state index contributed by atoms with van der Waals surface area (Å²) in [5, 5.41) is 16.5. The molecule has 0 amide bonds. The normalized spacial score (nSPS) is 9.71. The number of carbonyl (C=O) groups is 3. The van der Waals surface area contributed by atoms with Crippen LogP contribution >= 0.6 is 0 Å². The van der Waals surface area contributed by atoms with Crippen LogP contribution in [-0.2, 0) is 36.2 Å². The molecule has 0 spiro atoms. The Labute approximate surface area is 108 Å². The van der Waals surface area contributed by atoms with Crippen molar-refractivity contribution in [2.24, 2.45) is 5.73 Å². The van der Waals surface area contributed by atoms with Crippen LogP contribution in [0.5, 0.6) is 0 Å². The van der Waals surface area contributed by atoms with Crippen molar-refractivity contribution in [1.29, 1.82) is 0 Å². The van der Waals surface area contributed by atoms with E-state index in [1.54, 1.807) is 0 Å². The fourth-order valence-electron chi connectivity index (χ4n) is 0.611. The molecule has 104 valence electrons. The van der Waals surface area contributed by atoms with Gasteiger partial charge in [0.05, 0.1) is 0 Å². The Morgan fingerprint density at radius 3 is 2.00 bits per heavy atom. The van der Waals surface area contributed by atoms with Gasteiger partial charge in [0.1, 0.15) is 6.04 Å². The smallest absolute Gasteiger partial charge is 0.341 e. The minimum absolute atomic E-state index is 0. The minimum Gasteiger partial charge on any atom is -0.480 e. The van der Waals surface area contributed by atoms with Gasteiger partial charge in [-0.2, -0.15) is 0 Å². The monoisotopic (exact) mass is 295 g/mol. The van der Waals surface area contributed by atoms with Crippen molar-refractivity contribution in [1.82, 2.24) is 12.3 Å². The van der Waals surface area contributed by atoms with Crippen molar-refractivity contribution in [3.8, 4) is 0 Å². The zero-order chi connectivity index (χ0) is 11.1. The molecule has 0 aliphatic heterocycles. The van der Waals surface area contributed by atoms with Crippen molar-refractivity contribution >= 4 is 17.9 Å². The molecule has 10 N–H and O–H groups in total. The second-order valence-corrected chi connectivity index (χ2v) is 2.54. The van der Waals surface area contributed by atoms with Gasteiger partial charge in [0.2, 0.25) is 0 Å². The first-order valence-electron chi connectivity index (χ1n) is 3.79. The molecule has 0 fully saturated rings. The van der Waals surface area contributed by atoms with Gasteiger partial charge in [0.25, 0.3) is 0 Å². The third kappa shape index (κ3) is 14.8. The summed E-state index contributed by atoms with van der Waals surface area (Å²) in [6.07, 6.45) is -0.283. The first kappa shape index (κ1) is 24.9. The number of ether oxygens (including phenoxy) is 1. The average Bonchev–Trinajstić information content (AvgIpc) is 2.10. The number of hydrogen-bond acceptors (Lipinski definition) is 7. The number of carboxylic acid groups (broad SMARTS) is 2. The standard InChI is InChI=1S/C7H11NO6.Fe.2H3N/c8-4(7(12)13)1-2-6(11)14-3-5(9)10;;;/h4H,1-3,8H2,(H,9,10)(H,12,13);;2*1H3/t4-;;;/m0.../s1. The molecule has 0 aromatic rings. The number of esters is 1. The number of rotatable bonds is 6. The molecule has 0 aliphatic carbocycles. The van der Waals surface area contributed by atoms with E-state index in [4.69, 9.17) is 15.9 Å². The molecule has 0 aliphatic rings. The molecule has 1 atom stereocenters. The van der Waals surface area contributed by atoms with Gasteiger partial charge in [-0.05, 0) is 6.42 Å². The van der Waals surface area contributed by atoms with Crippen LogP contribution in [0.15, 0.2) is 0 Å². The second-order valence-electron chi connectivity index (χ2n) is 2.54.